The molecule has 2 N–H and O–H groups in total. The molecule has 112 valence electrons. The zero-order valence-corrected chi connectivity index (χ0v) is 11.9. The van der Waals surface area contributed by atoms with Gasteiger partial charge < -0.3 is 9.64 Å². The third kappa shape index (κ3) is 5.36. The van der Waals surface area contributed by atoms with E-state index in [0.717, 1.165) is 18.8 Å². The van der Waals surface area contributed by atoms with E-state index in [0.29, 0.717) is 5.69 Å². The molecular weight excluding hydrogens is 256 g/mol. The monoisotopic (exact) mass is 280 g/mol. The molecule has 5 nitrogen and oxygen atoms in total. The van der Waals surface area contributed by atoms with Crippen LogP contribution in [0.4, 0.5) is 5.69 Å². The molecule has 20 heavy (non-hydrogen) atoms. The maximum absolute atomic E-state index is 8.25. The summed E-state index contributed by atoms with van der Waals surface area (Å²) in [6.07, 6.45) is 6.31. The quantitative estimate of drug-likeness (QED) is 0.413. The zero-order valence-electron chi connectivity index (χ0n) is 11.9. The molecule has 0 saturated carbocycles. The lowest BCUT2D eigenvalue weighted by Crippen LogP contribution is -2.20. The number of anilines is 1. The Balaban J connectivity index is 1.51. The van der Waals surface area contributed by atoms with Crippen LogP contribution in [-0.4, -0.2) is 36.4 Å². The van der Waals surface area contributed by atoms with Crippen molar-refractivity contribution >= 4 is 5.69 Å². The Bertz CT molecular complexity index is 364. The van der Waals surface area contributed by atoms with Gasteiger partial charge in [0.2, 0.25) is 0 Å². The third-order valence-electron chi connectivity index (χ3n) is 3.60. The standard InChI is InChI=1S/C15H24N2O3/c18-20-16-14-6-8-15(9-7-14)19-13-5-1-2-10-17-11-3-4-12-17/h6-9,16,18H,1-5,10-13H2. The second-order valence-electron chi connectivity index (χ2n) is 5.18. The normalized spacial score (nSPS) is 15.4. The van der Waals surface area contributed by atoms with Crippen molar-refractivity contribution in [3.63, 3.8) is 0 Å². The number of unbranched alkanes of at least 4 members (excludes halogenated alkanes) is 2. The lowest BCUT2D eigenvalue weighted by atomic mass is 10.2. The smallest absolute Gasteiger partial charge is 0.119 e. The summed E-state index contributed by atoms with van der Waals surface area (Å²) in [5.74, 6) is 0.841. The molecule has 0 bridgehead atoms. The first-order valence-corrected chi connectivity index (χ1v) is 7.40. The minimum atomic E-state index is 0.686. The molecule has 5 heteroatoms. The predicted molar refractivity (Wildman–Crippen MR) is 78.8 cm³/mol. The number of nitrogens with one attached hydrogen (secondary N) is 1. The number of benzene rings is 1. The highest BCUT2D eigenvalue weighted by atomic mass is 17.2. The maximum atomic E-state index is 8.25. The fourth-order valence-electron chi connectivity index (χ4n) is 2.48. The fourth-order valence-corrected chi connectivity index (χ4v) is 2.48. The van der Waals surface area contributed by atoms with Crippen LogP contribution in [0.15, 0.2) is 24.3 Å². The van der Waals surface area contributed by atoms with Gasteiger partial charge in [0.15, 0.2) is 0 Å². The first-order chi connectivity index (χ1) is 9.88. The van der Waals surface area contributed by atoms with Crippen LogP contribution >= 0.6 is 0 Å². The van der Waals surface area contributed by atoms with Gasteiger partial charge in [-0.3, -0.25) is 0 Å². The van der Waals surface area contributed by atoms with Crippen molar-refractivity contribution in [2.75, 3.05) is 31.7 Å². The summed E-state index contributed by atoms with van der Waals surface area (Å²) < 4.78 is 5.67. The van der Waals surface area contributed by atoms with Crippen molar-refractivity contribution in [1.82, 2.24) is 4.90 Å². The summed E-state index contributed by atoms with van der Waals surface area (Å²) in [7, 11) is 0. The highest BCUT2D eigenvalue weighted by Crippen LogP contribution is 2.16. The molecule has 0 radical (unpaired) electrons. The summed E-state index contributed by atoms with van der Waals surface area (Å²) in [6.45, 7) is 4.56. The summed E-state index contributed by atoms with van der Waals surface area (Å²) in [6, 6.07) is 7.29. The molecule has 0 atom stereocenters. The van der Waals surface area contributed by atoms with Gasteiger partial charge in [0.05, 0.1) is 12.3 Å². The van der Waals surface area contributed by atoms with Gasteiger partial charge in [-0.05, 0) is 76.0 Å². The molecule has 0 unspecified atom stereocenters. The molecule has 0 aliphatic carbocycles. The van der Waals surface area contributed by atoms with Crippen molar-refractivity contribution in [3.05, 3.63) is 24.3 Å². The van der Waals surface area contributed by atoms with Gasteiger partial charge in [-0.15, -0.1) is 4.99 Å². The molecule has 1 aromatic rings. The zero-order chi connectivity index (χ0) is 14.0. The van der Waals surface area contributed by atoms with E-state index in [9.17, 15) is 0 Å². The Hall–Kier alpha value is -1.30. The summed E-state index contributed by atoms with van der Waals surface area (Å²) >= 11 is 0. The van der Waals surface area contributed by atoms with Crippen molar-refractivity contribution in [2.24, 2.45) is 0 Å². The van der Waals surface area contributed by atoms with E-state index in [2.05, 4.69) is 15.4 Å². The van der Waals surface area contributed by atoms with Crippen LogP contribution in [0.5, 0.6) is 5.75 Å². The Morgan fingerprint density at radius 1 is 1.05 bits per heavy atom. The van der Waals surface area contributed by atoms with E-state index in [4.69, 9.17) is 9.99 Å². The van der Waals surface area contributed by atoms with Gasteiger partial charge in [0, 0.05) is 0 Å². The van der Waals surface area contributed by atoms with E-state index < -0.39 is 0 Å². The highest BCUT2D eigenvalue weighted by Gasteiger charge is 2.09. The average molecular weight is 280 g/mol. The second kappa shape index (κ2) is 8.79. The molecule has 1 aliphatic heterocycles. The Labute approximate surface area is 120 Å². The largest absolute Gasteiger partial charge is 0.494 e. The number of rotatable bonds is 9. The van der Waals surface area contributed by atoms with Crippen molar-refractivity contribution in [3.8, 4) is 5.75 Å². The van der Waals surface area contributed by atoms with Crippen molar-refractivity contribution < 1.29 is 15.0 Å². The number of likely N-dealkylation sites (tertiary alicyclic amines) is 1. The van der Waals surface area contributed by atoms with Crippen LogP contribution < -0.4 is 10.2 Å². The lowest BCUT2D eigenvalue weighted by molar-refractivity contribution is -0.215. The number of nitrogens with zero attached hydrogens (tertiary/aromatic N) is 1. The van der Waals surface area contributed by atoms with E-state index >= 15 is 0 Å². The lowest BCUT2D eigenvalue weighted by Gasteiger charge is -2.13. The molecule has 1 fully saturated rings. The van der Waals surface area contributed by atoms with E-state index in [1.54, 1.807) is 12.1 Å². The van der Waals surface area contributed by atoms with Gasteiger partial charge in [0.25, 0.3) is 0 Å². The summed E-state index contributed by atoms with van der Waals surface area (Å²) in [5, 5.41) is 8.25. The second-order valence-corrected chi connectivity index (χ2v) is 5.18. The SMILES string of the molecule is OONc1ccc(OCCCCCN2CCCC2)cc1. The Kier molecular flexibility index (Phi) is 6.63. The predicted octanol–water partition coefficient (Wildman–Crippen LogP) is 3.15. The molecule has 1 saturated heterocycles. The maximum Gasteiger partial charge on any atom is 0.119 e. The molecule has 1 aromatic carbocycles. The number of hydrogen-bond acceptors (Lipinski definition) is 5. The third-order valence-corrected chi connectivity index (χ3v) is 3.60. The van der Waals surface area contributed by atoms with E-state index in [-0.39, 0.29) is 0 Å². The molecule has 1 aliphatic rings. The molecule has 0 spiro atoms. The number of ether oxygens (including phenoxy) is 1. The van der Waals surface area contributed by atoms with Crippen LogP contribution in [0.1, 0.15) is 32.1 Å². The molecule has 2 rings (SSSR count). The van der Waals surface area contributed by atoms with Gasteiger partial charge in [0.1, 0.15) is 5.75 Å². The van der Waals surface area contributed by atoms with Crippen molar-refractivity contribution in [2.45, 2.75) is 32.1 Å². The van der Waals surface area contributed by atoms with Crippen LogP contribution in [-0.2, 0) is 4.99 Å². The van der Waals surface area contributed by atoms with Gasteiger partial charge in [-0.1, -0.05) is 0 Å². The Morgan fingerprint density at radius 2 is 1.80 bits per heavy atom. The van der Waals surface area contributed by atoms with Crippen LogP contribution in [0.3, 0.4) is 0 Å². The van der Waals surface area contributed by atoms with Crippen LogP contribution in [0, 0.1) is 0 Å². The summed E-state index contributed by atoms with van der Waals surface area (Å²) in [5.41, 5.74) is 3.03. The highest BCUT2D eigenvalue weighted by molar-refractivity contribution is 5.44. The summed E-state index contributed by atoms with van der Waals surface area (Å²) in [4.78, 5) is 6.39. The van der Waals surface area contributed by atoms with Gasteiger partial charge >= 0.3 is 0 Å². The fraction of sp³-hybridized carbons (Fsp3) is 0.600. The van der Waals surface area contributed by atoms with Gasteiger partial charge in [-0.2, -0.15) is 0 Å². The number of hydrogen-bond donors (Lipinski definition) is 2. The molecular formula is C15H24N2O3. The first-order valence-electron chi connectivity index (χ1n) is 7.40. The topological polar surface area (TPSA) is 54.0 Å². The minimum Gasteiger partial charge on any atom is -0.494 e. The minimum absolute atomic E-state index is 0.686. The molecule has 1 heterocycles. The Morgan fingerprint density at radius 3 is 2.50 bits per heavy atom. The van der Waals surface area contributed by atoms with Crippen LogP contribution in [0.25, 0.3) is 0 Å². The van der Waals surface area contributed by atoms with Crippen LogP contribution in [0.2, 0.25) is 0 Å². The first kappa shape index (κ1) is 15.1. The molecule has 0 aromatic heterocycles. The van der Waals surface area contributed by atoms with E-state index in [1.807, 2.05) is 12.1 Å². The van der Waals surface area contributed by atoms with Gasteiger partial charge in [-0.25, -0.2) is 10.7 Å². The molecule has 0 amide bonds. The van der Waals surface area contributed by atoms with E-state index in [1.165, 1.54) is 45.3 Å². The van der Waals surface area contributed by atoms with Crippen molar-refractivity contribution in [1.29, 1.82) is 0 Å². The average Bonchev–Trinajstić information content (AvgIpc) is 2.98.